The summed E-state index contributed by atoms with van der Waals surface area (Å²) in [5.41, 5.74) is 1.95. The molecule has 2 rings (SSSR count). The highest BCUT2D eigenvalue weighted by Gasteiger charge is 2.34. The Labute approximate surface area is 117 Å². The Morgan fingerprint density at radius 3 is 2.05 bits per heavy atom. The quantitative estimate of drug-likeness (QED) is 0.856. The summed E-state index contributed by atoms with van der Waals surface area (Å²) in [4.78, 5) is 0. The van der Waals surface area contributed by atoms with Crippen LogP contribution in [-0.4, -0.2) is 18.2 Å². The molecule has 0 bridgehead atoms. The highest BCUT2D eigenvalue weighted by molar-refractivity contribution is 5.31. The fraction of sp³-hybridized carbons (Fsp3) is 0.647. The van der Waals surface area contributed by atoms with E-state index in [-0.39, 0.29) is 5.41 Å². The molecule has 1 aliphatic carbocycles. The van der Waals surface area contributed by atoms with Gasteiger partial charge in [0.2, 0.25) is 0 Å². The van der Waals surface area contributed by atoms with Crippen molar-refractivity contribution in [2.45, 2.75) is 63.5 Å². The molecular formula is C17H27NO. The van der Waals surface area contributed by atoms with Gasteiger partial charge in [-0.25, -0.2) is 0 Å². The first-order valence-corrected chi connectivity index (χ1v) is 7.36. The minimum atomic E-state index is -0.621. The van der Waals surface area contributed by atoms with Gasteiger partial charge in [-0.05, 0) is 49.3 Å². The molecule has 0 saturated heterocycles. The lowest BCUT2D eigenvalue weighted by Gasteiger charge is -2.36. The predicted molar refractivity (Wildman–Crippen MR) is 80.4 cm³/mol. The topological polar surface area (TPSA) is 32.3 Å². The highest BCUT2D eigenvalue weighted by atomic mass is 16.3. The van der Waals surface area contributed by atoms with Crippen LogP contribution < -0.4 is 5.32 Å². The molecule has 0 aromatic heterocycles. The average molecular weight is 261 g/mol. The van der Waals surface area contributed by atoms with Crippen molar-refractivity contribution in [2.75, 3.05) is 7.05 Å². The molecule has 1 aromatic rings. The number of rotatable bonds is 2. The summed E-state index contributed by atoms with van der Waals surface area (Å²) in [6, 6.07) is 9.12. The molecule has 0 amide bonds. The standard InChI is InChI=1S/C17H27NO/c1-16(2,3)13-5-7-14(8-6-13)17(19)11-9-15(18-4)10-12-17/h5-8,15,18-19H,9-12H2,1-4H3. The zero-order chi connectivity index (χ0) is 14.1. The van der Waals surface area contributed by atoms with Crippen LogP contribution in [0.25, 0.3) is 0 Å². The van der Waals surface area contributed by atoms with Crippen molar-refractivity contribution in [1.29, 1.82) is 0 Å². The monoisotopic (exact) mass is 261 g/mol. The van der Waals surface area contributed by atoms with E-state index < -0.39 is 5.60 Å². The Hall–Kier alpha value is -0.860. The highest BCUT2D eigenvalue weighted by Crippen LogP contribution is 2.37. The minimum absolute atomic E-state index is 0.172. The minimum Gasteiger partial charge on any atom is -0.385 e. The predicted octanol–water partition coefficient (Wildman–Crippen LogP) is 3.33. The third-order valence-electron chi connectivity index (χ3n) is 4.51. The summed E-state index contributed by atoms with van der Waals surface area (Å²) in [7, 11) is 2.01. The molecule has 1 aliphatic rings. The first kappa shape index (κ1) is 14.5. The maximum atomic E-state index is 10.8. The van der Waals surface area contributed by atoms with Crippen molar-refractivity contribution in [3.05, 3.63) is 35.4 Å². The summed E-state index contributed by atoms with van der Waals surface area (Å²) in [5, 5.41) is 14.1. The van der Waals surface area contributed by atoms with Gasteiger partial charge in [0.05, 0.1) is 5.60 Å². The van der Waals surface area contributed by atoms with Crippen LogP contribution in [0, 0.1) is 0 Å². The molecule has 106 valence electrons. The molecule has 2 heteroatoms. The Bertz CT molecular complexity index is 408. The molecule has 0 unspecified atom stereocenters. The van der Waals surface area contributed by atoms with Crippen LogP contribution in [0.5, 0.6) is 0 Å². The number of aliphatic hydroxyl groups is 1. The summed E-state index contributed by atoms with van der Waals surface area (Å²) in [6.45, 7) is 6.65. The third kappa shape index (κ3) is 3.18. The number of hydrogen-bond donors (Lipinski definition) is 2. The number of hydrogen-bond acceptors (Lipinski definition) is 2. The number of benzene rings is 1. The van der Waals surface area contributed by atoms with Crippen LogP contribution in [-0.2, 0) is 11.0 Å². The van der Waals surface area contributed by atoms with E-state index in [0.29, 0.717) is 6.04 Å². The van der Waals surface area contributed by atoms with Gasteiger partial charge in [0.15, 0.2) is 0 Å². The van der Waals surface area contributed by atoms with Gasteiger partial charge in [0, 0.05) is 6.04 Å². The van der Waals surface area contributed by atoms with Crippen LogP contribution in [0.4, 0.5) is 0 Å². The van der Waals surface area contributed by atoms with Gasteiger partial charge in [-0.1, -0.05) is 45.0 Å². The molecule has 0 atom stereocenters. The van der Waals surface area contributed by atoms with Gasteiger partial charge in [0.25, 0.3) is 0 Å². The van der Waals surface area contributed by atoms with Gasteiger partial charge in [-0.2, -0.15) is 0 Å². The van der Waals surface area contributed by atoms with E-state index in [2.05, 4.69) is 50.4 Å². The van der Waals surface area contributed by atoms with Gasteiger partial charge in [0.1, 0.15) is 0 Å². The second-order valence-electron chi connectivity index (χ2n) is 6.92. The molecule has 1 saturated carbocycles. The van der Waals surface area contributed by atoms with Crippen molar-refractivity contribution in [1.82, 2.24) is 5.32 Å². The lowest BCUT2D eigenvalue weighted by Crippen LogP contribution is -2.38. The van der Waals surface area contributed by atoms with E-state index >= 15 is 0 Å². The molecule has 2 N–H and O–H groups in total. The summed E-state index contributed by atoms with van der Waals surface area (Å²) >= 11 is 0. The van der Waals surface area contributed by atoms with Crippen LogP contribution in [0.2, 0.25) is 0 Å². The molecule has 1 aromatic carbocycles. The Balaban J connectivity index is 2.14. The maximum Gasteiger partial charge on any atom is 0.0897 e. The van der Waals surface area contributed by atoms with Crippen LogP contribution in [0.1, 0.15) is 57.6 Å². The van der Waals surface area contributed by atoms with Crippen LogP contribution in [0.15, 0.2) is 24.3 Å². The molecule has 0 aliphatic heterocycles. The molecular weight excluding hydrogens is 234 g/mol. The van der Waals surface area contributed by atoms with Crippen molar-refractivity contribution in [3.8, 4) is 0 Å². The lowest BCUT2D eigenvalue weighted by molar-refractivity contribution is -0.00765. The largest absolute Gasteiger partial charge is 0.385 e. The first-order chi connectivity index (χ1) is 8.85. The summed E-state index contributed by atoms with van der Waals surface area (Å²) in [6.07, 6.45) is 3.81. The molecule has 1 fully saturated rings. The number of nitrogens with one attached hydrogen (secondary N) is 1. The summed E-state index contributed by atoms with van der Waals surface area (Å²) in [5.74, 6) is 0. The van der Waals surface area contributed by atoms with E-state index in [1.165, 1.54) is 5.56 Å². The summed E-state index contributed by atoms with van der Waals surface area (Å²) < 4.78 is 0. The SMILES string of the molecule is CNC1CCC(O)(c2ccc(C(C)(C)C)cc2)CC1. The smallest absolute Gasteiger partial charge is 0.0897 e. The zero-order valence-corrected chi connectivity index (χ0v) is 12.7. The third-order valence-corrected chi connectivity index (χ3v) is 4.51. The normalized spacial score (nSPS) is 28.4. The first-order valence-electron chi connectivity index (χ1n) is 7.36. The van der Waals surface area contributed by atoms with Gasteiger partial charge in [-0.3, -0.25) is 0 Å². The molecule has 2 nitrogen and oxygen atoms in total. The Morgan fingerprint density at radius 2 is 1.63 bits per heavy atom. The fourth-order valence-electron chi connectivity index (χ4n) is 2.95. The van der Waals surface area contributed by atoms with Crippen molar-refractivity contribution in [3.63, 3.8) is 0 Å². The van der Waals surface area contributed by atoms with Crippen LogP contribution >= 0.6 is 0 Å². The van der Waals surface area contributed by atoms with E-state index in [1.807, 2.05) is 7.05 Å². The molecule has 19 heavy (non-hydrogen) atoms. The molecule has 0 spiro atoms. The van der Waals surface area contributed by atoms with E-state index in [4.69, 9.17) is 0 Å². The second-order valence-corrected chi connectivity index (χ2v) is 6.92. The van der Waals surface area contributed by atoms with Gasteiger partial charge >= 0.3 is 0 Å². The zero-order valence-electron chi connectivity index (χ0n) is 12.7. The fourth-order valence-corrected chi connectivity index (χ4v) is 2.95. The Kier molecular flexibility index (Phi) is 4.03. The van der Waals surface area contributed by atoms with Crippen LogP contribution in [0.3, 0.4) is 0 Å². The van der Waals surface area contributed by atoms with Gasteiger partial charge in [-0.15, -0.1) is 0 Å². The lowest BCUT2D eigenvalue weighted by atomic mass is 9.77. The van der Waals surface area contributed by atoms with Gasteiger partial charge < -0.3 is 10.4 Å². The van der Waals surface area contributed by atoms with E-state index in [0.717, 1.165) is 31.2 Å². The molecule has 0 radical (unpaired) electrons. The molecule has 0 heterocycles. The van der Waals surface area contributed by atoms with E-state index in [9.17, 15) is 5.11 Å². The van der Waals surface area contributed by atoms with Crippen molar-refractivity contribution in [2.24, 2.45) is 0 Å². The maximum absolute atomic E-state index is 10.8. The average Bonchev–Trinajstić information content (AvgIpc) is 2.39. The Morgan fingerprint density at radius 1 is 1.11 bits per heavy atom. The van der Waals surface area contributed by atoms with Crippen molar-refractivity contribution < 1.29 is 5.11 Å². The van der Waals surface area contributed by atoms with E-state index in [1.54, 1.807) is 0 Å². The van der Waals surface area contributed by atoms with Crippen molar-refractivity contribution >= 4 is 0 Å². The second kappa shape index (κ2) is 5.26.